The van der Waals surface area contributed by atoms with Gasteiger partial charge in [-0.3, -0.25) is 4.79 Å². The Morgan fingerprint density at radius 1 is 1.27 bits per heavy atom. The summed E-state index contributed by atoms with van der Waals surface area (Å²) in [4.78, 5) is 24.3. The topological polar surface area (TPSA) is 64.6 Å². The van der Waals surface area contributed by atoms with E-state index in [0.717, 1.165) is 12.8 Å². The van der Waals surface area contributed by atoms with Crippen molar-refractivity contribution in [1.29, 1.82) is 0 Å². The maximum absolute atomic E-state index is 14.6. The number of hydrogen-bond donors (Lipinski definition) is 1. The van der Waals surface area contributed by atoms with Crippen LogP contribution < -0.4 is 10.1 Å². The molecule has 1 aromatic carbocycles. The average molecular weight is 367 g/mol. The van der Waals surface area contributed by atoms with Crippen LogP contribution in [0.4, 0.5) is 4.39 Å². The Kier molecular flexibility index (Phi) is 8.06. The smallest absolute Gasteiger partial charge is 0.333 e. The number of carbonyl (C=O) groups excluding carboxylic acids is 2. The first-order valence-electron chi connectivity index (χ1n) is 8.91. The highest BCUT2D eigenvalue weighted by Crippen LogP contribution is 2.25. The van der Waals surface area contributed by atoms with Crippen molar-refractivity contribution < 1.29 is 23.5 Å². The van der Waals surface area contributed by atoms with E-state index in [4.69, 9.17) is 9.47 Å². The van der Waals surface area contributed by atoms with Crippen LogP contribution in [0, 0.1) is 17.2 Å². The molecule has 0 spiro atoms. The summed E-state index contributed by atoms with van der Waals surface area (Å²) in [6.45, 7) is 9.80. The molecule has 1 unspecified atom stereocenters. The number of amides is 1. The molecule has 0 saturated heterocycles. The van der Waals surface area contributed by atoms with Gasteiger partial charge in [0.25, 0.3) is 0 Å². The Labute approximate surface area is 155 Å². The van der Waals surface area contributed by atoms with Crippen LogP contribution >= 0.6 is 0 Å². The lowest BCUT2D eigenvalue weighted by atomic mass is 9.94. The molecule has 0 radical (unpaired) electrons. The highest BCUT2D eigenvalue weighted by Gasteiger charge is 2.31. The van der Waals surface area contributed by atoms with Gasteiger partial charge >= 0.3 is 5.97 Å². The summed E-state index contributed by atoms with van der Waals surface area (Å²) in [7, 11) is 1.20. The molecule has 0 aromatic heterocycles. The molecular weight excluding hydrogens is 337 g/mol. The summed E-state index contributed by atoms with van der Waals surface area (Å²) in [5, 5.41) is 2.56. The van der Waals surface area contributed by atoms with E-state index in [1.807, 2.05) is 0 Å². The van der Waals surface area contributed by atoms with E-state index in [1.54, 1.807) is 26.8 Å². The van der Waals surface area contributed by atoms with Crippen LogP contribution in [0.1, 0.15) is 59.1 Å². The Hall–Kier alpha value is -2.11. The van der Waals surface area contributed by atoms with Crippen molar-refractivity contribution in [1.82, 2.24) is 5.32 Å². The number of nitrogens with one attached hydrogen (secondary N) is 1. The van der Waals surface area contributed by atoms with Gasteiger partial charge in [0.1, 0.15) is 11.6 Å². The first kappa shape index (κ1) is 21.9. The van der Waals surface area contributed by atoms with Gasteiger partial charge in [0, 0.05) is 17.0 Å². The second kappa shape index (κ2) is 9.55. The molecule has 0 bridgehead atoms. The van der Waals surface area contributed by atoms with E-state index < -0.39 is 23.2 Å². The third-order valence-corrected chi connectivity index (χ3v) is 3.99. The van der Waals surface area contributed by atoms with Crippen molar-refractivity contribution in [3.8, 4) is 5.75 Å². The molecule has 0 heterocycles. The van der Waals surface area contributed by atoms with E-state index in [-0.39, 0.29) is 11.5 Å². The maximum atomic E-state index is 14.6. The van der Waals surface area contributed by atoms with Gasteiger partial charge < -0.3 is 14.8 Å². The van der Waals surface area contributed by atoms with Crippen molar-refractivity contribution in [2.24, 2.45) is 11.3 Å². The van der Waals surface area contributed by atoms with E-state index in [0.29, 0.717) is 18.3 Å². The highest BCUT2D eigenvalue weighted by atomic mass is 19.1. The van der Waals surface area contributed by atoms with Crippen LogP contribution in [-0.2, 0) is 14.3 Å². The average Bonchev–Trinajstić information content (AvgIpc) is 2.57. The summed E-state index contributed by atoms with van der Waals surface area (Å²) in [5.41, 5.74) is -0.676. The largest absolute Gasteiger partial charge is 0.493 e. The lowest BCUT2D eigenvalue weighted by Gasteiger charge is -2.23. The monoisotopic (exact) mass is 367 g/mol. The summed E-state index contributed by atoms with van der Waals surface area (Å²) >= 11 is 0. The van der Waals surface area contributed by atoms with Gasteiger partial charge in [0.2, 0.25) is 5.91 Å². The van der Waals surface area contributed by atoms with Crippen molar-refractivity contribution in [2.45, 2.75) is 53.5 Å². The summed E-state index contributed by atoms with van der Waals surface area (Å²) in [5.74, 6) is -0.973. The number of hydrogen-bond acceptors (Lipinski definition) is 4. The normalized spacial score (nSPS) is 13.7. The van der Waals surface area contributed by atoms with Crippen LogP contribution in [0.25, 0.3) is 0 Å². The summed E-state index contributed by atoms with van der Waals surface area (Å²) < 4.78 is 24.9. The fraction of sp³-hybridized carbons (Fsp3) is 0.600. The van der Waals surface area contributed by atoms with E-state index in [9.17, 15) is 14.0 Å². The molecule has 0 saturated carbocycles. The zero-order valence-corrected chi connectivity index (χ0v) is 16.5. The van der Waals surface area contributed by atoms with Crippen molar-refractivity contribution in [3.05, 3.63) is 29.6 Å². The van der Waals surface area contributed by atoms with Crippen LogP contribution in [0.2, 0.25) is 0 Å². The maximum Gasteiger partial charge on any atom is 0.333 e. The van der Waals surface area contributed by atoms with Gasteiger partial charge in [-0.25, -0.2) is 9.18 Å². The predicted molar refractivity (Wildman–Crippen MR) is 98.3 cm³/mol. The summed E-state index contributed by atoms with van der Waals surface area (Å²) in [6.07, 6.45) is 2.09. The number of esters is 1. The molecular formula is C20H30FNO4. The molecule has 0 aliphatic heterocycles. The molecule has 1 aromatic rings. The lowest BCUT2D eigenvalue weighted by Crippen LogP contribution is -2.41. The molecule has 6 heteroatoms. The number of benzene rings is 1. The fourth-order valence-electron chi connectivity index (χ4n) is 2.38. The highest BCUT2D eigenvalue weighted by molar-refractivity contribution is 5.88. The van der Waals surface area contributed by atoms with Gasteiger partial charge in [-0.2, -0.15) is 0 Å². The minimum Gasteiger partial charge on any atom is -0.493 e. The van der Waals surface area contributed by atoms with Crippen LogP contribution in [-0.4, -0.2) is 25.6 Å². The van der Waals surface area contributed by atoms with Gasteiger partial charge in [-0.05, 0) is 24.5 Å². The van der Waals surface area contributed by atoms with Crippen molar-refractivity contribution >= 4 is 11.9 Å². The molecule has 5 nitrogen and oxygen atoms in total. The first-order chi connectivity index (χ1) is 12.1. The number of rotatable bonds is 8. The van der Waals surface area contributed by atoms with Gasteiger partial charge in [-0.1, -0.05) is 41.0 Å². The van der Waals surface area contributed by atoms with Crippen molar-refractivity contribution in [2.75, 3.05) is 13.7 Å². The third-order valence-electron chi connectivity index (χ3n) is 3.99. The van der Waals surface area contributed by atoms with Crippen molar-refractivity contribution in [3.63, 3.8) is 0 Å². The zero-order valence-electron chi connectivity index (χ0n) is 16.5. The molecule has 26 heavy (non-hydrogen) atoms. The van der Waals surface area contributed by atoms with E-state index >= 15 is 0 Å². The standard InChI is InChI=1S/C20H30FNO4/c1-7-8-13(2)12-26-14-9-10-15(16(21)11-14)17(18(23)25-6)22-19(24)20(3,4)5/h9-11,13,17H,7-8,12H2,1-6H3,(H,22,24)/t13?,17-/m1/s1. The zero-order chi connectivity index (χ0) is 19.9. The second-order valence-corrected chi connectivity index (χ2v) is 7.57. The SMILES string of the molecule is CCCC(C)COc1ccc([C@@H](NC(=O)C(C)(C)C)C(=O)OC)c(F)c1. The fourth-order valence-corrected chi connectivity index (χ4v) is 2.38. The predicted octanol–water partition coefficient (Wildman–Crippen LogP) is 4.02. The number of ether oxygens (including phenoxy) is 2. The molecule has 1 amide bonds. The van der Waals surface area contributed by atoms with Gasteiger partial charge in [0.05, 0.1) is 13.7 Å². The Morgan fingerprint density at radius 3 is 2.42 bits per heavy atom. The minimum absolute atomic E-state index is 0.0448. The number of halogens is 1. The van der Waals surface area contributed by atoms with Gasteiger partial charge in [0.15, 0.2) is 6.04 Å². The Morgan fingerprint density at radius 2 is 1.92 bits per heavy atom. The lowest BCUT2D eigenvalue weighted by molar-refractivity contribution is -0.146. The molecule has 0 fully saturated rings. The molecule has 1 rings (SSSR count). The van der Waals surface area contributed by atoms with E-state index in [1.165, 1.54) is 19.2 Å². The van der Waals surface area contributed by atoms with E-state index in [2.05, 4.69) is 19.2 Å². The third kappa shape index (κ3) is 6.32. The van der Waals surface area contributed by atoms with Crippen LogP contribution in [0.15, 0.2) is 18.2 Å². The quantitative estimate of drug-likeness (QED) is 0.705. The van der Waals surface area contributed by atoms with Gasteiger partial charge in [-0.15, -0.1) is 0 Å². The summed E-state index contributed by atoms with van der Waals surface area (Å²) in [6, 6.07) is 3.06. The molecule has 0 aliphatic rings. The second-order valence-electron chi connectivity index (χ2n) is 7.57. The molecule has 0 aliphatic carbocycles. The molecule has 146 valence electrons. The Balaban J connectivity index is 2.98. The molecule has 1 N–H and O–H groups in total. The molecule has 2 atom stereocenters. The van der Waals surface area contributed by atoms with Crippen LogP contribution in [0.3, 0.4) is 0 Å². The Bertz CT molecular complexity index is 625. The number of carbonyl (C=O) groups is 2. The first-order valence-corrected chi connectivity index (χ1v) is 8.91. The number of methoxy groups -OCH3 is 1. The van der Waals surface area contributed by atoms with Crippen LogP contribution in [0.5, 0.6) is 5.75 Å². The minimum atomic E-state index is -1.21.